The fourth-order valence-electron chi connectivity index (χ4n) is 3.64. The molecule has 2 aromatic rings. The first-order valence-corrected chi connectivity index (χ1v) is 9.21. The van der Waals surface area contributed by atoms with Crippen molar-refractivity contribution in [2.24, 2.45) is 5.73 Å². The zero-order chi connectivity index (χ0) is 19.4. The van der Waals surface area contributed by atoms with Crippen molar-refractivity contribution < 1.29 is 17.9 Å². The number of hydrogen-bond donors (Lipinski definition) is 1. The molecule has 0 bridgehead atoms. The number of nitrogens with zero attached hydrogens (tertiary/aromatic N) is 1. The molecule has 2 aromatic carbocycles. The predicted octanol–water partition coefficient (Wildman–Crippen LogP) is 3.86. The van der Waals surface area contributed by atoms with E-state index in [9.17, 15) is 13.2 Å². The van der Waals surface area contributed by atoms with Gasteiger partial charge in [0.2, 0.25) is 0 Å². The molecule has 146 valence electrons. The zero-order valence-electron chi connectivity index (χ0n) is 15.4. The summed E-state index contributed by atoms with van der Waals surface area (Å²) in [5.41, 5.74) is 7.52. The van der Waals surface area contributed by atoms with Crippen molar-refractivity contribution in [2.45, 2.75) is 31.2 Å². The highest BCUT2D eigenvalue weighted by molar-refractivity contribution is 5.30. The summed E-state index contributed by atoms with van der Waals surface area (Å²) in [4.78, 5) is 2.34. The molecular formula is C21H25F3N2O. The minimum absolute atomic E-state index is 0.124. The Balaban J connectivity index is 1.48. The first-order chi connectivity index (χ1) is 13.0. The Bertz CT molecular complexity index is 767. The van der Waals surface area contributed by atoms with Crippen LogP contribution in [0.4, 0.5) is 13.2 Å². The van der Waals surface area contributed by atoms with Crippen molar-refractivity contribution in [1.82, 2.24) is 4.90 Å². The second-order valence-electron chi connectivity index (χ2n) is 7.17. The standard InChI is InChI=1S/C21H25F3N2O/c1-27-18-4-2-14(3-5-18)15-6-8-26(13-15)9-7-17(25)10-16-11-20(23)21(24)12-19(16)22/h2-5,11-12,15,17H,6-10,13,25H2,1H3. The third-order valence-electron chi connectivity index (χ3n) is 5.25. The SMILES string of the molecule is COc1ccc(C2CCN(CCC(N)Cc3cc(F)c(F)cc3F)C2)cc1. The van der Waals surface area contributed by atoms with Gasteiger partial charge < -0.3 is 15.4 Å². The van der Waals surface area contributed by atoms with Gasteiger partial charge in [0.05, 0.1) is 7.11 Å². The largest absolute Gasteiger partial charge is 0.497 e. The fourth-order valence-corrected chi connectivity index (χ4v) is 3.64. The summed E-state index contributed by atoms with van der Waals surface area (Å²) in [6.45, 7) is 2.75. The third kappa shape index (κ3) is 5.02. The lowest BCUT2D eigenvalue weighted by Gasteiger charge is -2.19. The van der Waals surface area contributed by atoms with Crippen LogP contribution in [0, 0.1) is 17.5 Å². The van der Waals surface area contributed by atoms with Crippen LogP contribution >= 0.6 is 0 Å². The van der Waals surface area contributed by atoms with Crippen molar-refractivity contribution in [1.29, 1.82) is 0 Å². The van der Waals surface area contributed by atoms with E-state index in [1.807, 2.05) is 12.1 Å². The molecule has 1 saturated heterocycles. The molecule has 0 aliphatic carbocycles. The van der Waals surface area contributed by atoms with Crippen LogP contribution in [0.5, 0.6) is 5.75 Å². The lowest BCUT2D eigenvalue weighted by Crippen LogP contribution is -2.31. The van der Waals surface area contributed by atoms with Crippen LogP contribution in [0.3, 0.4) is 0 Å². The summed E-state index contributed by atoms with van der Waals surface area (Å²) in [6, 6.07) is 9.34. The summed E-state index contributed by atoms with van der Waals surface area (Å²) in [5.74, 6) is -1.63. The summed E-state index contributed by atoms with van der Waals surface area (Å²) in [6.07, 6.45) is 1.95. The van der Waals surface area contributed by atoms with Gasteiger partial charge in [0.15, 0.2) is 11.6 Å². The zero-order valence-corrected chi connectivity index (χ0v) is 15.4. The summed E-state index contributed by atoms with van der Waals surface area (Å²) in [7, 11) is 1.65. The molecule has 3 rings (SSSR count). The number of hydrogen-bond acceptors (Lipinski definition) is 3. The van der Waals surface area contributed by atoms with E-state index in [1.54, 1.807) is 7.11 Å². The topological polar surface area (TPSA) is 38.5 Å². The molecule has 2 atom stereocenters. The Kier molecular flexibility index (Phi) is 6.39. The molecule has 0 aromatic heterocycles. The molecule has 2 unspecified atom stereocenters. The van der Waals surface area contributed by atoms with Crippen LogP contribution in [0.1, 0.15) is 29.9 Å². The molecule has 0 saturated carbocycles. The van der Waals surface area contributed by atoms with Crippen molar-refractivity contribution in [3.8, 4) is 5.75 Å². The van der Waals surface area contributed by atoms with Gasteiger partial charge >= 0.3 is 0 Å². The summed E-state index contributed by atoms with van der Waals surface area (Å²) in [5, 5.41) is 0. The van der Waals surface area contributed by atoms with E-state index >= 15 is 0 Å². The van der Waals surface area contributed by atoms with Crippen LogP contribution in [0.25, 0.3) is 0 Å². The first-order valence-electron chi connectivity index (χ1n) is 9.21. The van der Waals surface area contributed by atoms with E-state index in [0.717, 1.165) is 37.9 Å². The van der Waals surface area contributed by atoms with Crippen LogP contribution in [0.2, 0.25) is 0 Å². The molecule has 3 nitrogen and oxygen atoms in total. The molecule has 1 aliphatic rings. The monoisotopic (exact) mass is 378 g/mol. The number of benzene rings is 2. The molecule has 2 N–H and O–H groups in total. The van der Waals surface area contributed by atoms with Gasteiger partial charge in [0.25, 0.3) is 0 Å². The number of rotatable bonds is 7. The Morgan fingerprint density at radius 1 is 1.11 bits per heavy atom. The third-order valence-corrected chi connectivity index (χ3v) is 5.25. The van der Waals surface area contributed by atoms with Crippen molar-refractivity contribution in [2.75, 3.05) is 26.7 Å². The van der Waals surface area contributed by atoms with Crippen molar-refractivity contribution in [3.63, 3.8) is 0 Å². The minimum atomic E-state index is -1.17. The van der Waals surface area contributed by atoms with E-state index in [1.165, 1.54) is 5.56 Å². The fraction of sp³-hybridized carbons (Fsp3) is 0.429. The molecule has 0 radical (unpaired) electrons. The highest BCUT2D eigenvalue weighted by Crippen LogP contribution is 2.28. The van der Waals surface area contributed by atoms with Crippen molar-refractivity contribution in [3.05, 3.63) is 65.0 Å². The van der Waals surface area contributed by atoms with Crippen LogP contribution in [-0.2, 0) is 6.42 Å². The number of likely N-dealkylation sites (tertiary alicyclic amines) is 1. The number of nitrogens with two attached hydrogens (primary N) is 1. The Hall–Kier alpha value is -2.05. The van der Waals surface area contributed by atoms with Gasteiger partial charge in [-0.05, 0) is 67.6 Å². The molecule has 27 heavy (non-hydrogen) atoms. The maximum Gasteiger partial charge on any atom is 0.161 e. The van der Waals surface area contributed by atoms with Crippen molar-refractivity contribution >= 4 is 0 Å². The molecule has 0 amide bonds. The quantitative estimate of drug-likeness (QED) is 0.744. The van der Waals surface area contributed by atoms with Crippen LogP contribution in [0.15, 0.2) is 36.4 Å². The molecule has 1 heterocycles. The maximum absolute atomic E-state index is 13.7. The van der Waals surface area contributed by atoms with E-state index in [4.69, 9.17) is 10.5 Å². The maximum atomic E-state index is 13.7. The Labute approximate surface area is 157 Å². The van der Waals surface area contributed by atoms with Gasteiger partial charge in [-0.25, -0.2) is 13.2 Å². The van der Waals surface area contributed by atoms with Gasteiger partial charge in [0.1, 0.15) is 11.6 Å². The molecule has 0 spiro atoms. The molecule has 1 aliphatic heterocycles. The van der Waals surface area contributed by atoms with Gasteiger partial charge in [-0.2, -0.15) is 0 Å². The first kappa shape index (κ1) is 19.7. The molecular weight excluding hydrogens is 353 g/mol. The van der Waals surface area contributed by atoms with Crippen LogP contribution < -0.4 is 10.5 Å². The van der Waals surface area contributed by atoms with Gasteiger partial charge in [-0.3, -0.25) is 0 Å². The highest BCUT2D eigenvalue weighted by atomic mass is 19.2. The normalized spacial score (nSPS) is 18.6. The average Bonchev–Trinajstić information content (AvgIpc) is 3.13. The van der Waals surface area contributed by atoms with Gasteiger partial charge in [0, 0.05) is 18.7 Å². The van der Waals surface area contributed by atoms with Gasteiger partial charge in [-0.15, -0.1) is 0 Å². The van der Waals surface area contributed by atoms with Crippen LogP contribution in [-0.4, -0.2) is 37.7 Å². The smallest absolute Gasteiger partial charge is 0.161 e. The average molecular weight is 378 g/mol. The highest BCUT2D eigenvalue weighted by Gasteiger charge is 2.24. The second-order valence-corrected chi connectivity index (χ2v) is 7.17. The lowest BCUT2D eigenvalue weighted by molar-refractivity contribution is 0.316. The van der Waals surface area contributed by atoms with Gasteiger partial charge in [-0.1, -0.05) is 12.1 Å². The van der Waals surface area contributed by atoms with E-state index < -0.39 is 17.5 Å². The minimum Gasteiger partial charge on any atom is -0.497 e. The number of ether oxygens (including phenoxy) is 1. The summed E-state index contributed by atoms with van der Waals surface area (Å²) < 4.78 is 45.2. The van der Waals surface area contributed by atoms with E-state index in [2.05, 4.69) is 17.0 Å². The van der Waals surface area contributed by atoms with E-state index in [0.29, 0.717) is 18.4 Å². The number of halogens is 3. The Morgan fingerprint density at radius 3 is 2.52 bits per heavy atom. The molecule has 1 fully saturated rings. The number of methoxy groups -OCH3 is 1. The molecule has 6 heteroatoms. The summed E-state index contributed by atoms with van der Waals surface area (Å²) >= 11 is 0. The Morgan fingerprint density at radius 2 is 1.81 bits per heavy atom. The second kappa shape index (κ2) is 8.76. The predicted molar refractivity (Wildman–Crippen MR) is 99.4 cm³/mol. The lowest BCUT2D eigenvalue weighted by atomic mass is 9.98. The van der Waals surface area contributed by atoms with E-state index in [-0.39, 0.29) is 18.0 Å².